The van der Waals surface area contributed by atoms with Gasteiger partial charge in [-0.15, -0.1) is 0 Å². The van der Waals surface area contributed by atoms with Crippen LogP contribution < -0.4 is 16.0 Å². The average molecular weight is 451 g/mol. The topological polar surface area (TPSA) is 91.8 Å². The average Bonchev–Trinajstić information content (AvgIpc) is 2.78. The third-order valence-corrected chi connectivity index (χ3v) is 5.63. The van der Waals surface area contributed by atoms with E-state index in [1.807, 2.05) is 56.8 Å². The Kier molecular flexibility index (Phi) is 7.35. The molecule has 32 heavy (non-hydrogen) atoms. The van der Waals surface area contributed by atoms with E-state index in [-0.39, 0.29) is 11.3 Å². The molecule has 0 unspecified atom stereocenters. The quantitative estimate of drug-likeness (QED) is 0.340. The summed E-state index contributed by atoms with van der Waals surface area (Å²) in [6, 6.07) is 9.61. The Morgan fingerprint density at radius 1 is 1.12 bits per heavy atom. The molecule has 1 aromatic carbocycles. The Morgan fingerprint density at radius 3 is 2.59 bits per heavy atom. The van der Waals surface area contributed by atoms with Crippen molar-refractivity contribution in [2.75, 3.05) is 29.3 Å². The predicted octanol–water partition coefficient (Wildman–Crippen LogP) is 5.11. The Hall–Kier alpha value is -3.13. The highest BCUT2D eigenvalue weighted by molar-refractivity contribution is 7.98. The van der Waals surface area contributed by atoms with E-state index in [1.165, 1.54) is 11.8 Å². The number of hydrogen-bond donors (Lipinski definition) is 3. The van der Waals surface area contributed by atoms with Crippen LogP contribution in [0.1, 0.15) is 48.0 Å². The summed E-state index contributed by atoms with van der Waals surface area (Å²) >= 11 is 1.50. The normalized spacial score (nSPS) is 11.2. The minimum Gasteiger partial charge on any atom is -0.379 e. The molecule has 0 fully saturated rings. The van der Waals surface area contributed by atoms with E-state index in [9.17, 15) is 4.79 Å². The molecular formula is C24H30N6OS. The number of rotatable bonds is 7. The van der Waals surface area contributed by atoms with Gasteiger partial charge in [-0.2, -0.15) is 0 Å². The maximum Gasteiger partial charge on any atom is 0.255 e. The van der Waals surface area contributed by atoms with Gasteiger partial charge in [0, 0.05) is 30.9 Å². The zero-order chi connectivity index (χ0) is 23.3. The summed E-state index contributed by atoms with van der Waals surface area (Å²) in [5.41, 5.74) is 4.96. The lowest BCUT2D eigenvalue weighted by atomic mass is 9.86. The summed E-state index contributed by atoms with van der Waals surface area (Å²) in [6.45, 7) is 8.84. The van der Waals surface area contributed by atoms with E-state index in [4.69, 9.17) is 0 Å². The van der Waals surface area contributed by atoms with Crippen molar-refractivity contribution in [1.82, 2.24) is 15.0 Å². The van der Waals surface area contributed by atoms with Gasteiger partial charge < -0.3 is 16.0 Å². The maximum absolute atomic E-state index is 12.8. The molecule has 3 aromatic rings. The lowest BCUT2D eigenvalue weighted by Crippen LogP contribution is -2.16. The van der Waals surface area contributed by atoms with Gasteiger partial charge in [-0.1, -0.05) is 44.7 Å². The van der Waals surface area contributed by atoms with Crippen LogP contribution in [0.2, 0.25) is 0 Å². The second-order valence-electron chi connectivity index (χ2n) is 8.48. The smallest absolute Gasteiger partial charge is 0.255 e. The van der Waals surface area contributed by atoms with E-state index in [0.29, 0.717) is 17.8 Å². The number of pyridine rings is 1. The minimum absolute atomic E-state index is 0.0251. The highest BCUT2D eigenvalue weighted by Crippen LogP contribution is 2.24. The van der Waals surface area contributed by atoms with Gasteiger partial charge in [0.05, 0.1) is 23.3 Å². The third kappa shape index (κ3) is 5.76. The predicted molar refractivity (Wildman–Crippen MR) is 133 cm³/mol. The number of amides is 1. The van der Waals surface area contributed by atoms with Crippen LogP contribution in [0.5, 0.6) is 0 Å². The monoisotopic (exact) mass is 450 g/mol. The second-order valence-corrected chi connectivity index (χ2v) is 9.25. The zero-order valence-electron chi connectivity index (χ0n) is 19.4. The second kappa shape index (κ2) is 9.99. The first-order valence-corrected chi connectivity index (χ1v) is 11.6. The fourth-order valence-electron chi connectivity index (χ4n) is 3.14. The van der Waals surface area contributed by atoms with Gasteiger partial charge in [0.15, 0.2) is 5.16 Å². The van der Waals surface area contributed by atoms with Gasteiger partial charge in [-0.25, -0.2) is 9.97 Å². The van der Waals surface area contributed by atoms with Crippen molar-refractivity contribution in [2.45, 2.75) is 44.8 Å². The van der Waals surface area contributed by atoms with Crippen molar-refractivity contribution in [1.29, 1.82) is 0 Å². The molecule has 0 aliphatic heterocycles. The highest BCUT2D eigenvalue weighted by atomic mass is 32.2. The number of nitrogens with zero attached hydrogens (tertiary/aromatic N) is 3. The molecule has 8 heteroatoms. The van der Waals surface area contributed by atoms with Crippen LogP contribution in [0.4, 0.5) is 17.2 Å². The van der Waals surface area contributed by atoms with Gasteiger partial charge >= 0.3 is 0 Å². The lowest BCUT2D eigenvalue weighted by Gasteiger charge is -2.19. The summed E-state index contributed by atoms with van der Waals surface area (Å²) in [6.07, 6.45) is 5.43. The minimum atomic E-state index is -0.161. The summed E-state index contributed by atoms with van der Waals surface area (Å²) in [7, 11) is 1.84. The van der Waals surface area contributed by atoms with E-state index < -0.39 is 0 Å². The largest absolute Gasteiger partial charge is 0.379 e. The summed E-state index contributed by atoms with van der Waals surface area (Å²) in [4.78, 5) is 26.1. The number of thioether (sulfide) groups is 1. The molecule has 0 radical (unpaired) electrons. The summed E-state index contributed by atoms with van der Waals surface area (Å²) in [5.74, 6) is 0.622. The Balaban J connectivity index is 1.74. The van der Waals surface area contributed by atoms with Crippen molar-refractivity contribution < 1.29 is 4.79 Å². The van der Waals surface area contributed by atoms with Gasteiger partial charge in [0.2, 0.25) is 0 Å². The van der Waals surface area contributed by atoms with Gasteiger partial charge in [0.1, 0.15) is 5.82 Å². The lowest BCUT2D eigenvalue weighted by molar-refractivity contribution is 0.102. The maximum atomic E-state index is 12.8. The molecular weight excluding hydrogens is 420 g/mol. The van der Waals surface area contributed by atoms with Gasteiger partial charge in [0.25, 0.3) is 5.91 Å². The molecule has 3 rings (SSSR count). The van der Waals surface area contributed by atoms with E-state index in [0.717, 1.165) is 33.5 Å². The first kappa shape index (κ1) is 23.5. The molecule has 0 atom stereocenters. The summed E-state index contributed by atoms with van der Waals surface area (Å²) in [5, 5.41) is 10.2. The number of carbonyl (C=O) groups is 1. The van der Waals surface area contributed by atoms with Gasteiger partial charge in [-0.3, -0.25) is 9.78 Å². The number of aromatic nitrogens is 3. The molecule has 0 bridgehead atoms. The fourth-order valence-corrected chi connectivity index (χ4v) is 3.48. The van der Waals surface area contributed by atoms with E-state index >= 15 is 0 Å². The first-order chi connectivity index (χ1) is 15.2. The van der Waals surface area contributed by atoms with Crippen molar-refractivity contribution in [3.63, 3.8) is 0 Å². The fraction of sp³-hybridized carbons (Fsp3) is 0.333. The van der Waals surface area contributed by atoms with Crippen LogP contribution >= 0.6 is 11.8 Å². The number of benzene rings is 1. The molecule has 7 nitrogen and oxygen atoms in total. The van der Waals surface area contributed by atoms with Crippen LogP contribution in [0.15, 0.2) is 47.9 Å². The molecule has 3 N–H and O–H groups in total. The molecule has 1 amide bonds. The molecule has 2 heterocycles. The number of aryl methyl sites for hydroxylation is 1. The van der Waals surface area contributed by atoms with Crippen LogP contribution in [-0.2, 0) is 12.0 Å². The van der Waals surface area contributed by atoms with E-state index in [1.54, 1.807) is 6.20 Å². The number of carbonyl (C=O) groups excluding carboxylic acids is 1. The van der Waals surface area contributed by atoms with Gasteiger partial charge in [-0.05, 0) is 42.4 Å². The Morgan fingerprint density at radius 2 is 1.91 bits per heavy atom. The molecule has 0 aliphatic carbocycles. The van der Waals surface area contributed by atoms with Crippen molar-refractivity contribution >= 4 is 34.9 Å². The molecule has 0 saturated heterocycles. The number of hydrogen-bond acceptors (Lipinski definition) is 7. The van der Waals surface area contributed by atoms with Crippen LogP contribution in [0.25, 0.3) is 0 Å². The van der Waals surface area contributed by atoms with Crippen molar-refractivity contribution in [3.05, 3.63) is 65.1 Å². The molecule has 0 saturated carbocycles. The zero-order valence-corrected chi connectivity index (χ0v) is 20.2. The van der Waals surface area contributed by atoms with Crippen molar-refractivity contribution in [2.24, 2.45) is 0 Å². The number of anilines is 3. The third-order valence-electron chi connectivity index (χ3n) is 5.07. The highest BCUT2D eigenvalue weighted by Gasteiger charge is 2.16. The molecule has 0 aliphatic rings. The van der Waals surface area contributed by atoms with Crippen LogP contribution in [0, 0.1) is 6.92 Å². The Labute approximate surface area is 193 Å². The number of nitrogens with one attached hydrogen (secondary N) is 3. The summed E-state index contributed by atoms with van der Waals surface area (Å²) < 4.78 is 0. The van der Waals surface area contributed by atoms with Crippen LogP contribution in [0.3, 0.4) is 0 Å². The molecule has 168 valence electrons. The van der Waals surface area contributed by atoms with Crippen molar-refractivity contribution in [3.8, 4) is 0 Å². The first-order valence-electron chi connectivity index (χ1n) is 10.4. The standard InChI is InChI=1S/C24H30N6OS/c1-15-20(27-12-17-13-28-23(32-6)30-21(17)25-5)11-19(14-26-15)29-22(31)16-8-7-9-18(10-16)24(2,3)4/h7-11,13-14,27H,12H2,1-6H3,(H,29,31)(H,25,28,30). The van der Waals surface area contributed by atoms with E-state index in [2.05, 4.69) is 51.7 Å². The van der Waals surface area contributed by atoms with Crippen LogP contribution in [-0.4, -0.2) is 34.2 Å². The molecule has 0 spiro atoms. The SMILES string of the molecule is CNc1nc(SC)ncc1CNc1cc(NC(=O)c2cccc(C(C)(C)C)c2)cnc1C. The Bertz CT molecular complexity index is 1110. The molecule has 2 aromatic heterocycles.